The lowest BCUT2D eigenvalue weighted by atomic mass is 9.95. The summed E-state index contributed by atoms with van der Waals surface area (Å²) in [6.07, 6.45) is 2.75. The SMILES string of the molecule is COCc1ccccc1NC(N)=NCCC1CCCN(C(=O)OC(C)(C)C)C1. The van der Waals surface area contributed by atoms with Gasteiger partial charge in [-0.25, -0.2) is 4.79 Å². The molecule has 1 aromatic rings. The van der Waals surface area contributed by atoms with Gasteiger partial charge >= 0.3 is 6.09 Å². The molecule has 1 unspecified atom stereocenters. The molecule has 2 rings (SSSR count). The first-order valence-corrected chi connectivity index (χ1v) is 9.90. The summed E-state index contributed by atoms with van der Waals surface area (Å²) in [4.78, 5) is 18.5. The summed E-state index contributed by atoms with van der Waals surface area (Å²) in [7, 11) is 1.67. The second-order valence-electron chi connectivity index (χ2n) is 8.21. The molecule has 1 amide bonds. The Morgan fingerprint density at radius 2 is 2.11 bits per heavy atom. The summed E-state index contributed by atoms with van der Waals surface area (Å²) in [6, 6.07) is 7.86. The molecule has 0 bridgehead atoms. The van der Waals surface area contributed by atoms with Crippen LogP contribution in [0.3, 0.4) is 0 Å². The van der Waals surface area contributed by atoms with Crippen LogP contribution in [0.1, 0.15) is 45.6 Å². The maximum Gasteiger partial charge on any atom is 0.410 e. The molecule has 1 heterocycles. The number of carbonyl (C=O) groups is 1. The zero-order chi connectivity index (χ0) is 20.6. The van der Waals surface area contributed by atoms with E-state index >= 15 is 0 Å². The smallest absolute Gasteiger partial charge is 0.410 e. The molecule has 1 aliphatic heterocycles. The van der Waals surface area contributed by atoms with E-state index in [2.05, 4.69) is 10.3 Å². The standard InChI is InChI=1S/C21H34N4O3/c1-21(2,3)28-20(26)25-13-7-8-16(14-25)11-12-23-19(22)24-18-10-6-5-9-17(18)15-27-4/h5-6,9-10,16H,7-8,11-15H2,1-4H3,(H3,22,23,24). The molecule has 1 saturated heterocycles. The van der Waals surface area contributed by atoms with Gasteiger partial charge in [-0.05, 0) is 52.0 Å². The van der Waals surface area contributed by atoms with Crippen LogP contribution in [-0.2, 0) is 16.1 Å². The Bertz CT molecular complexity index is 670. The highest BCUT2D eigenvalue weighted by Gasteiger charge is 2.27. The van der Waals surface area contributed by atoms with Gasteiger partial charge in [0.05, 0.1) is 6.61 Å². The Morgan fingerprint density at radius 1 is 1.36 bits per heavy atom. The number of benzene rings is 1. The summed E-state index contributed by atoms with van der Waals surface area (Å²) >= 11 is 0. The number of guanidine groups is 1. The zero-order valence-corrected chi connectivity index (χ0v) is 17.5. The van der Waals surface area contributed by atoms with E-state index in [9.17, 15) is 4.79 Å². The van der Waals surface area contributed by atoms with Crippen molar-refractivity contribution in [3.05, 3.63) is 29.8 Å². The maximum absolute atomic E-state index is 12.3. The normalized spacial score (nSPS) is 18.1. The number of aliphatic imine (C=N–C) groups is 1. The van der Waals surface area contributed by atoms with Crippen molar-refractivity contribution in [3.8, 4) is 0 Å². The fourth-order valence-corrected chi connectivity index (χ4v) is 3.26. The number of methoxy groups -OCH3 is 1. The molecule has 7 nitrogen and oxygen atoms in total. The van der Waals surface area contributed by atoms with Crippen LogP contribution >= 0.6 is 0 Å². The summed E-state index contributed by atoms with van der Waals surface area (Å²) in [5, 5.41) is 3.15. The van der Waals surface area contributed by atoms with E-state index in [1.807, 2.05) is 49.9 Å². The van der Waals surface area contributed by atoms with E-state index in [1.165, 1.54) is 0 Å². The molecule has 1 aromatic carbocycles. The second kappa shape index (κ2) is 10.3. The molecule has 1 atom stereocenters. The van der Waals surface area contributed by atoms with Gasteiger partial charge in [0.1, 0.15) is 5.60 Å². The van der Waals surface area contributed by atoms with Crippen LogP contribution in [0.25, 0.3) is 0 Å². The van der Waals surface area contributed by atoms with Crippen LogP contribution in [0.4, 0.5) is 10.5 Å². The van der Waals surface area contributed by atoms with Crippen LogP contribution in [0.5, 0.6) is 0 Å². The third-order valence-corrected chi connectivity index (χ3v) is 4.57. The first kappa shape index (κ1) is 22.0. The molecule has 156 valence electrons. The van der Waals surface area contributed by atoms with Crippen molar-refractivity contribution in [1.29, 1.82) is 0 Å². The van der Waals surface area contributed by atoms with Gasteiger partial charge in [0.2, 0.25) is 0 Å². The van der Waals surface area contributed by atoms with Crippen molar-refractivity contribution >= 4 is 17.7 Å². The topological polar surface area (TPSA) is 89.2 Å². The Balaban J connectivity index is 1.82. The van der Waals surface area contributed by atoms with Crippen molar-refractivity contribution < 1.29 is 14.3 Å². The predicted molar refractivity (Wildman–Crippen MR) is 112 cm³/mol. The molecule has 0 aromatic heterocycles. The summed E-state index contributed by atoms with van der Waals surface area (Å²) in [6.45, 7) is 8.28. The van der Waals surface area contributed by atoms with E-state index in [0.29, 0.717) is 31.6 Å². The highest BCUT2D eigenvalue weighted by molar-refractivity contribution is 5.92. The Hall–Kier alpha value is -2.28. The molecule has 28 heavy (non-hydrogen) atoms. The fourth-order valence-electron chi connectivity index (χ4n) is 3.26. The Morgan fingerprint density at radius 3 is 2.82 bits per heavy atom. The van der Waals surface area contributed by atoms with Crippen molar-refractivity contribution in [2.75, 3.05) is 32.1 Å². The number of nitrogens with two attached hydrogens (primary N) is 1. The number of amides is 1. The van der Waals surface area contributed by atoms with Gasteiger partial charge in [0.15, 0.2) is 5.96 Å². The minimum atomic E-state index is -0.465. The van der Waals surface area contributed by atoms with E-state index < -0.39 is 5.60 Å². The molecular formula is C21H34N4O3. The van der Waals surface area contributed by atoms with Crippen LogP contribution in [0.15, 0.2) is 29.3 Å². The third kappa shape index (κ3) is 7.38. The molecule has 3 N–H and O–H groups in total. The van der Waals surface area contributed by atoms with E-state index in [-0.39, 0.29) is 6.09 Å². The van der Waals surface area contributed by atoms with Crippen molar-refractivity contribution in [1.82, 2.24) is 4.90 Å². The lowest BCUT2D eigenvalue weighted by molar-refractivity contribution is 0.0163. The van der Waals surface area contributed by atoms with Crippen molar-refractivity contribution in [2.24, 2.45) is 16.6 Å². The number of nitrogens with one attached hydrogen (secondary N) is 1. The number of ether oxygens (including phenoxy) is 2. The lowest BCUT2D eigenvalue weighted by Crippen LogP contribution is -2.43. The average Bonchev–Trinajstić information content (AvgIpc) is 2.62. The van der Waals surface area contributed by atoms with Gasteiger partial charge in [-0.15, -0.1) is 0 Å². The minimum absolute atomic E-state index is 0.225. The minimum Gasteiger partial charge on any atom is -0.444 e. The molecule has 7 heteroatoms. The number of likely N-dealkylation sites (tertiary alicyclic amines) is 1. The number of anilines is 1. The van der Waals surface area contributed by atoms with Crippen LogP contribution in [0, 0.1) is 5.92 Å². The van der Waals surface area contributed by atoms with Crippen LogP contribution in [0.2, 0.25) is 0 Å². The number of hydrogen-bond donors (Lipinski definition) is 2. The Kier molecular flexibility index (Phi) is 8.11. The van der Waals surface area contributed by atoms with Crippen molar-refractivity contribution in [3.63, 3.8) is 0 Å². The second-order valence-corrected chi connectivity index (χ2v) is 8.21. The van der Waals surface area contributed by atoms with Gasteiger partial charge < -0.3 is 25.4 Å². The first-order chi connectivity index (χ1) is 13.3. The number of rotatable bonds is 6. The molecular weight excluding hydrogens is 356 g/mol. The van der Waals surface area contributed by atoms with E-state index in [0.717, 1.165) is 37.1 Å². The highest BCUT2D eigenvalue weighted by Crippen LogP contribution is 2.22. The van der Waals surface area contributed by atoms with Gasteiger partial charge in [-0.2, -0.15) is 0 Å². The van der Waals surface area contributed by atoms with Crippen molar-refractivity contribution in [2.45, 2.75) is 52.2 Å². The van der Waals surface area contributed by atoms with Crippen LogP contribution in [-0.4, -0.2) is 49.3 Å². The van der Waals surface area contributed by atoms with Crippen LogP contribution < -0.4 is 11.1 Å². The number of piperidine rings is 1. The zero-order valence-electron chi connectivity index (χ0n) is 17.5. The predicted octanol–water partition coefficient (Wildman–Crippen LogP) is 3.60. The molecule has 1 fully saturated rings. The number of carbonyl (C=O) groups excluding carboxylic acids is 1. The number of nitrogens with zero attached hydrogens (tertiary/aromatic N) is 2. The highest BCUT2D eigenvalue weighted by atomic mass is 16.6. The third-order valence-electron chi connectivity index (χ3n) is 4.57. The lowest BCUT2D eigenvalue weighted by Gasteiger charge is -2.34. The molecule has 0 saturated carbocycles. The van der Waals surface area contributed by atoms with Gasteiger partial charge in [-0.3, -0.25) is 4.99 Å². The average molecular weight is 391 g/mol. The molecule has 1 aliphatic rings. The maximum atomic E-state index is 12.3. The van der Waals surface area contributed by atoms with E-state index in [1.54, 1.807) is 7.11 Å². The quantitative estimate of drug-likeness (QED) is 0.572. The number of para-hydroxylation sites is 1. The fraction of sp³-hybridized carbons (Fsp3) is 0.619. The number of hydrogen-bond acceptors (Lipinski definition) is 4. The Labute approximate surface area is 168 Å². The largest absolute Gasteiger partial charge is 0.444 e. The summed E-state index contributed by atoms with van der Waals surface area (Å²) in [5.41, 5.74) is 7.51. The van der Waals surface area contributed by atoms with Gasteiger partial charge in [0.25, 0.3) is 0 Å². The first-order valence-electron chi connectivity index (χ1n) is 9.90. The molecule has 0 radical (unpaired) electrons. The summed E-state index contributed by atoms with van der Waals surface area (Å²) < 4.78 is 10.7. The van der Waals surface area contributed by atoms with Gasteiger partial charge in [0, 0.05) is 38.0 Å². The van der Waals surface area contributed by atoms with E-state index in [4.69, 9.17) is 15.2 Å². The summed E-state index contributed by atoms with van der Waals surface area (Å²) in [5.74, 6) is 0.807. The monoisotopic (exact) mass is 390 g/mol. The van der Waals surface area contributed by atoms with Gasteiger partial charge in [-0.1, -0.05) is 18.2 Å². The molecule has 0 spiro atoms. The molecule has 0 aliphatic carbocycles.